The van der Waals surface area contributed by atoms with Crippen LogP contribution in [0.1, 0.15) is 39.5 Å². The molecule has 72 valence electrons. The van der Waals surface area contributed by atoms with Crippen molar-refractivity contribution in [1.29, 1.82) is 0 Å². The van der Waals surface area contributed by atoms with Crippen molar-refractivity contribution in [3.8, 4) is 0 Å². The summed E-state index contributed by atoms with van der Waals surface area (Å²) in [5, 5.41) is 0. The molecular weight excluding hydrogens is 150 g/mol. The van der Waals surface area contributed by atoms with E-state index in [4.69, 9.17) is 4.74 Å². The lowest BCUT2D eigenvalue weighted by molar-refractivity contribution is 0.0262. The van der Waals surface area contributed by atoms with E-state index in [-0.39, 0.29) is 0 Å². The Kier molecular flexibility index (Phi) is 4.62. The first-order valence-corrected chi connectivity index (χ1v) is 5.24. The summed E-state index contributed by atoms with van der Waals surface area (Å²) in [6.07, 6.45) is 5.46. The van der Waals surface area contributed by atoms with Gasteiger partial charge in [-0.05, 0) is 12.8 Å². The predicted molar refractivity (Wildman–Crippen MR) is 51.1 cm³/mol. The van der Waals surface area contributed by atoms with E-state index in [1.807, 2.05) is 0 Å². The highest BCUT2D eigenvalue weighted by molar-refractivity contribution is 4.68. The van der Waals surface area contributed by atoms with Gasteiger partial charge in [0.1, 0.15) is 6.23 Å². The molecule has 0 spiro atoms. The first-order chi connectivity index (χ1) is 5.88. The van der Waals surface area contributed by atoms with Gasteiger partial charge in [-0.25, -0.2) is 0 Å². The summed E-state index contributed by atoms with van der Waals surface area (Å²) in [6, 6.07) is 0. The zero-order chi connectivity index (χ0) is 8.81. The fourth-order valence-corrected chi connectivity index (χ4v) is 1.69. The van der Waals surface area contributed by atoms with Crippen LogP contribution in [-0.4, -0.2) is 30.8 Å². The number of rotatable bonds is 5. The first-order valence-electron chi connectivity index (χ1n) is 5.24. The summed E-state index contributed by atoms with van der Waals surface area (Å²) in [5.74, 6) is 0. The quantitative estimate of drug-likeness (QED) is 0.629. The van der Waals surface area contributed by atoms with Gasteiger partial charge >= 0.3 is 0 Å². The van der Waals surface area contributed by atoms with Gasteiger partial charge in [-0.15, -0.1) is 0 Å². The third kappa shape index (κ3) is 2.76. The minimum absolute atomic E-state index is 0.432. The van der Waals surface area contributed by atoms with E-state index >= 15 is 0 Å². The van der Waals surface area contributed by atoms with E-state index in [2.05, 4.69) is 18.7 Å². The second kappa shape index (κ2) is 5.55. The Morgan fingerprint density at radius 3 is 2.83 bits per heavy atom. The summed E-state index contributed by atoms with van der Waals surface area (Å²) >= 11 is 0. The fraction of sp³-hybridized carbons (Fsp3) is 1.00. The monoisotopic (exact) mass is 171 g/mol. The highest BCUT2D eigenvalue weighted by Gasteiger charge is 2.22. The smallest absolute Gasteiger partial charge is 0.110 e. The minimum Gasteiger partial charge on any atom is -0.362 e. The van der Waals surface area contributed by atoms with Crippen LogP contribution >= 0.6 is 0 Å². The number of hydrogen-bond acceptors (Lipinski definition) is 2. The Hall–Kier alpha value is -0.0800. The Morgan fingerprint density at radius 1 is 1.33 bits per heavy atom. The molecule has 0 aliphatic carbocycles. The van der Waals surface area contributed by atoms with Gasteiger partial charge in [0.15, 0.2) is 0 Å². The molecular formula is C10H21NO. The predicted octanol–water partition coefficient (Wildman–Crippen LogP) is 2.24. The Labute approximate surface area is 75.9 Å². The zero-order valence-corrected chi connectivity index (χ0v) is 8.38. The summed E-state index contributed by atoms with van der Waals surface area (Å²) < 4.78 is 5.63. The van der Waals surface area contributed by atoms with Crippen molar-refractivity contribution in [2.24, 2.45) is 0 Å². The molecule has 2 heteroatoms. The van der Waals surface area contributed by atoms with Gasteiger partial charge in [-0.2, -0.15) is 0 Å². The van der Waals surface area contributed by atoms with Crippen LogP contribution in [0, 0.1) is 0 Å². The van der Waals surface area contributed by atoms with Gasteiger partial charge < -0.3 is 4.74 Å². The molecule has 1 atom stereocenters. The third-order valence-electron chi connectivity index (χ3n) is 2.43. The molecule has 12 heavy (non-hydrogen) atoms. The standard InChI is InChI=1S/C10H21NO/c1-3-5-7-11-8-9-12-10(11)6-4-2/h10H,3-9H2,1-2H3. The van der Waals surface area contributed by atoms with Gasteiger partial charge in [0, 0.05) is 13.1 Å². The van der Waals surface area contributed by atoms with Crippen LogP contribution in [0.15, 0.2) is 0 Å². The zero-order valence-electron chi connectivity index (χ0n) is 8.38. The SMILES string of the molecule is CCCCN1CCOC1CCC. The minimum atomic E-state index is 0.432. The van der Waals surface area contributed by atoms with E-state index < -0.39 is 0 Å². The molecule has 0 aromatic carbocycles. The van der Waals surface area contributed by atoms with E-state index in [0.717, 1.165) is 13.2 Å². The second-order valence-electron chi connectivity index (χ2n) is 3.50. The van der Waals surface area contributed by atoms with Crippen LogP contribution in [0.2, 0.25) is 0 Å². The number of hydrogen-bond donors (Lipinski definition) is 0. The van der Waals surface area contributed by atoms with Crippen molar-refractivity contribution in [3.05, 3.63) is 0 Å². The van der Waals surface area contributed by atoms with Crippen molar-refractivity contribution >= 4 is 0 Å². The third-order valence-corrected chi connectivity index (χ3v) is 2.43. The maximum absolute atomic E-state index is 5.63. The van der Waals surface area contributed by atoms with Gasteiger partial charge in [0.25, 0.3) is 0 Å². The molecule has 0 amide bonds. The molecule has 0 N–H and O–H groups in total. The molecule has 0 aromatic rings. The van der Waals surface area contributed by atoms with E-state index in [1.165, 1.54) is 32.2 Å². The van der Waals surface area contributed by atoms with Gasteiger partial charge in [0.2, 0.25) is 0 Å². The van der Waals surface area contributed by atoms with E-state index in [9.17, 15) is 0 Å². The number of nitrogens with zero attached hydrogens (tertiary/aromatic N) is 1. The van der Waals surface area contributed by atoms with Crippen molar-refractivity contribution in [2.45, 2.75) is 45.8 Å². The lowest BCUT2D eigenvalue weighted by Crippen LogP contribution is -2.30. The van der Waals surface area contributed by atoms with Crippen molar-refractivity contribution in [2.75, 3.05) is 19.7 Å². The maximum Gasteiger partial charge on any atom is 0.110 e. The topological polar surface area (TPSA) is 12.5 Å². The molecule has 2 nitrogen and oxygen atoms in total. The van der Waals surface area contributed by atoms with Crippen LogP contribution in [0.4, 0.5) is 0 Å². The number of unbranched alkanes of at least 4 members (excludes halogenated alkanes) is 1. The van der Waals surface area contributed by atoms with Crippen LogP contribution in [-0.2, 0) is 4.74 Å². The summed E-state index contributed by atoms with van der Waals surface area (Å²) in [7, 11) is 0. The van der Waals surface area contributed by atoms with Crippen molar-refractivity contribution in [1.82, 2.24) is 4.90 Å². The lowest BCUT2D eigenvalue weighted by Gasteiger charge is -2.21. The summed E-state index contributed by atoms with van der Waals surface area (Å²) in [5.41, 5.74) is 0. The molecule has 0 saturated carbocycles. The van der Waals surface area contributed by atoms with Crippen LogP contribution in [0.25, 0.3) is 0 Å². The molecule has 1 heterocycles. The highest BCUT2D eigenvalue weighted by Crippen LogP contribution is 2.15. The fourth-order valence-electron chi connectivity index (χ4n) is 1.69. The summed E-state index contributed by atoms with van der Waals surface area (Å²) in [4.78, 5) is 2.48. The Balaban J connectivity index is 2.20. The van der Waals surface area contributed by atoms with Crippen molar-refractivity contribution in [3.63, 3.8) is 0 Å². The van der Waals surface area contributed by atoms with E-state index in [1.54, 1.807) is 0 Å². The first kappa shape index (κ1) is 10.0. The van der Waals surface area contributed by atoms with Gasteiger partial charge in [-0.3, -0.25) is 4.90 Å². The maximum atomic E-state index is 5.63. The van der Waals surface area contributed by atoms with E-state index in [0.29, 0.717) is 6.23 Å². The molecule has 1 fully saturated rings. The van der Waals surface area contributed by atoms with Crippen LogP contribution < -0.4 is 0 Å². The Morgan fingerprint density at radius 2 is 2.17 bits per heavy atom. The molecule has 0 bridgehead atoms. The van der Waals surface area contributed by atoms with Crippen molar-refractivity contribution < 1.29 is 4.74 Å². The summed E-state index contributed by atoms with van der Waals surface area (Å²) in [6.45, 7) is 7.77. The largest absolute Gasteiger partial charge is 0.362 e. The van der Waals surface area contributed by atoms with Crippen LogP contribution in [0.3, 0.4) is 0 Å². The molecule has 0 aromatic heterocycles. The van der Waals surface area contributed by atoms with Gasteiger partial charge in [-0.1, -0.05) is 26.7 Å². The average Bonchev–Trinajstić information content (AvgIpc) is 2.50. The molecule has 1 saturated heterocycles. The Bertz CT molecular complexity index is 116. The molecule has 1 unspecified atom stereocenters. The average molecular weight is 171 g/mol. The normalized spacial score (nSPS) is 25.0. The molecule has 0 radical (unpaired) electrons. The van der Waals surface area contributed by atoms with Gasteiger partial charge in [0.05, 0.1) is 6.61 Å². The number of ether oxygens (including phenoxy) is 1. The molecule has 1 aliphatic rings. The second-order valence-corrected chi connectivity index (χ2v) is 3.50. The molecule has 1 aliphatic heterocycles. The van der Waals surface area contributed by atoms with Crippen LogP contribution in [0.5, 0.6) is 0 Å². The lowest BCUT2D eigenvalue weighted by atomic mass is 10.2. The molecule has 1 rings (SSSR count). The highest BCUT2D eigenvalue weighted by atomic mass is 16.5.